The molecule has 0 aromatic heterocycles. The number of rotatable bonds is 35. The molecule has 0 saturated carbocycles. The maximum atomic E-state index is 12.8. The molecule has 0 fully saturated rings. The molecule has 0 aromatic rings. The van der Waals surface area contributed by atoms with Gasteiger partial charge in [0.1, 0.15) is 13.2 Å². The lowest BCUT2D eigenvalue weighted by atomic mass is 10.1. The van der Waals surface area contributed by atoms with Gasteiger partial charge in [-0.05, 0) is 57.8 Å². The molecule has 0 aliphatic rings. The number of aliphatic hydroxyl groups is 1. The third-order valence-corrected chi connectivity index (χ3v) is 9.49. The molecule has 0 bridgehead atoms. The van der Waals surface area contributed by atoms with E-state index >= 15 is 0 Å². The van der Waals surface area contributed by atoms with Crippen molar-refractivity contribution in [2.75, 3.05) is 40.9 Å². The molecular formula is C41H78N2O6P+. The number of nitrogens with one attached hydrogen (secondary N) is 1. The summed E-state index contributed by atoms with van der Waals surface area (Å²) in [7, 11) is 1.54. The van der Waals surface area contributed by atoms with Crippen molar-refractivity contribution < 1.29 is 32.9 Å². The van der Waals surface area contributed by atoms with E-state index in [0.29, 0.717) is 17.4 Å². The number of phosphoric ester groups is 1. The van der Waals surface area contributed by atoms with E-state index in [2.05, 4.69) is 55.6 Å². The molecule has 0 spiro atoms. The fraction of sp³-hybridized carbons (Fsp3) is 0.780. The Morgan fingerprint density at radius 1 is 0.680 bits per heavy atom. The highest BCUT2D eigenvalue weighted by Crippen LogP contribution is 2.43. The number of carbonyl (C=O) groups excluding carboxylic acids is 1. The second kappa shape index (κ2) is 33.3. The fourth-order valence-corrected chi connectivity index (χ4v) is 6.00. The Labute approximate surface area is 308 Å². The van der Waals surface area contributed by atoms with Crippen LogP contribution in [0.15, 0.2) is 48.6 Å². The molecule has 0 aromatic carbocycles. The first kappa shape index (κ1) is 48.5. The topological polar surface area (TPSA) is 105 Å². The van der Waals surface area contributed by atoms with Crippen molar-refractivity contribution >= 4 is 13.7 Å². The van der Waals surface area contributed by atoms with Crippen LogP contribution in [-0.4, -0.2) is 73.4 Å². The van der Waals surface area contributed by atoms with Gasteiger partial charge in [0.2, 0.25) is 5.91 Å². The van der Waals surface area contributed by atoms with E-state index in [4.69, 9.17) is 9.05 Å². The SMILES string of the molecule is CCC/C=C\C/C=C\CCCCCCCC(=O)NC(COP(=O)(O)OCC[N+](C)(C)C)C(O)/C=C/CC/C=C/CCCCCCCCCCC. The molecule has 0 radical (unpaired) electrons. The largest absolute Gasteiger partial charge is 0.472 e. The Hall–Kier alpha value is -1.54. The van der Waals surface area contributed by atoms with Gasteiger partial charge in [-0.3, -0.25) is 13.8 Å². The van der Waals surface area contributed by atoms with E-state index < -0.39 is 20.0 Å². The van der Waals surface area contributed by atoms with Crippen LogP contribution in [0.25, 0.3) is 0 Å². The minimum atomic E-state index is -4.34. The summed E-state index contributed by atoms with van der Waals surface area (Å²) in [5, 5.41) is 13.7. The number of quaternary nitrogens is 1. The second-order valence-corrected chi connectivity index (χ2v) is 16.1. The van der Waals surface area contributed by atoms with Gasteiger partial charge in [-0.2, -0.15) is 0 Å². The van der Waals surface area contributed by atoms with Crippen LogP contribution < -0.4 is 5.32 Å². The van der Waals surface area contributed by atoms with Crippen LogP contribution in [-0.2, 0) is 18.4 Å². The first-order valence-electron chi connectivity index (χ1n) is 20.0. The van der Waals surface area contributed by atoms with Crippen molar-refractivity contribution in [3.8, 4) is 0 Å². The summed E-state index contributed by atoms with van der Waals surface area (Å²) in [6.07, 6.45) is 40.3. The highest BCUT2D eigenvalue weighted by atomic mass is 31.2. The summed E-state index contributed by atoms with van der Waals surface area (Å²) >= 11 is 0. The summed E-state index contributed by atoms with van der Waals surface area (Å²) in [5.74, 6) is -0.205. The predicted molar refractivity (Wildman–Crippen MR) is 212 cm³/mol. The van der Waals surface area contributed by atoms with Crippen LogP contribution >= 0.6 is 7.82 Å². The minimum Gasteiger partial charge on any atom is -0.387 e. The summed E-state index contributed by atoms with van der Waals surface area (Å²) < 4.78 is 23.4. The van der Waals surface area contributed by atoms with Gasteiger partial charge >= 0.3 is 7.82 Å². The molecule has 1 amide bonds. The Bertz CT molecular complexity index is 959. The third kappa shape index (κ3) is 34.9. The van der Waals surface area contributed by atoms with Gasteiger partial charge in [0.15, 0.2) is 0 Å². The number of phosphoric acid groups is 1. The first-order valence-corrected chi connectivity index (χ1v) is 21.5. The molecule has 0 aliphatic heterocycles. The van der Waals surface area contributed by atoms with E-state index in [1.807, 2.05) is 27.2 Å². The number of amides is 1. The molecule has 3 atom stereocenters. The molecular weight excluding hydrogens is 647 g/mol. The van der Waals surface area contributed by atoms with Crippen molar-refractivity contribution in [1.82, 2.24) is 5.32 Å². The van der Waals surface area contributed by atoms with Gasteiger partial charge < -0.3 is 19.8 Å². The monoisotopic (exact) mass is 726 g/mol. The second-order valence-electron chi connectivity index (χ2n) is 14.6. The lowest BCUT2D eigenvalue weighted by Crippen LogP contribution is -2.45. The molecule has 0 heterocycles. The van der Waals surface area contributed by atoms with E-state index in [9.17, 15) is 19.4 Å². The standard InChI is InChI=1S/C41H77N2O6P/c1-6-8-10-12-14-16-18-20-21-23-24-26-28-30-32-34-40(44)39(38-49-50(46,47)48-37-36-43(3,4)5)42-41(45)35-33-31-29-27-25-22-19-17-15-13-11-9-7-2/h11,13,17,19,24,26,32,34,39-40,44H,6-10,12,14-16,18,20-23,25,27-31,33,35-38H2,1-5H3,(H-,42,45,46,47)/p+1/b13-11-,19-17-,26-24+,34-32+. The number of aliphatic hydroxyl groups excluding tert-OH is 1. The molecule has 50 heavy (non-hydrogen) atoms. The number of nitrogens with zero attached hydrogens (tertiary/aromatic N) is 1. The average Bonchev–Trinajstić information content (AvgIpc) is 3.06. The predicted octanol–water partition coefficient (Wildman–Crippen LogP) is 10.5. The highest BCUT2D eigenvalue weighted by molar-refractivity contribution is 7.47. The molecule has 0 aliphatic carbocycles. The molecule has 292 valence electrons. The van der Waals surface area contributed by atoms with Crippen LogP contribution in [0.3, 0.4) is 0 Å². The zero-order valence-electron chi connectivity index (χ0n) is 32.9. The third-order valence-electron chi connectivity index (χ3n) is 8.50. The van der Waals surface area contributed by atoms with Crippen LogP contribution in [0.4, 0.5) is 0 Å². The maximum absolute atomic E-state index is 12.8. The molecule has 0 rings (SSSR count). The Kier molecular flexibility index (Phi) is 32.3. The molecule has 8 nitrogen and oxygen atoms in total. The van der Waals surface area contributed by atoms with Gasteiger partial charge in [0.25, 0.3) is 0 Å². The van der Waals surface area contributed by atoms with Crippen molar-refractivity contribution in [2.24, 2.45) is 0 Å². The molecule has 0 saturated heterocycles. The number of hydrogen-bond acceptors (Lipinski definition) is 5. The number of unbranched alkanes of at least 4 members (excludes halogenated alkanes) is 16. The molecule has 9 heteroatoms. The minimum absolute atomic E-state index is 0.0517. The summed E-state index contributed by atoms with van der Waals surface area (Å²) in [5.41, 5.74) is 0. The van der Waals surface area contributed by atoms with Crippen LogP contribution in [0.2, 0.25) is 0 Å². The van der Waals surface area contributed by atoms with Gasteiger partial charge in [-0.25, -0.2) is 4.57 Å². The van der Waals surface area contributed by atoms with E-state index in [1.165, 1.54) is 64.2 Å². The van der Waals surface area contributed by atoms with Crippen molar-refractivity contribution in [1.29, 1.82) is 0 Å². The Morgan fingerprint density at radius 3 is 1.80 bits per heavy atom. The molecule has 3 unspecified atom stereocenters. The van der Waals surface area contributed by atoms with Crippen LogP contribution in [0.5, 0.6) is 0 Å². The highest BCUT2D eigenvalue weighted by Gasteiger charge is 2.27. The Balaban J connectivity index is 4.60. The number of likely N-dealkylation sites (N-methyl/N-ethyl adjacent to an activating group) is 1. The summed E-state index contributed by atoms with van der Waals surface area (Å²) in [6, 6.07) is -0.869. The lowest BCUT2D eigenvalue weighted by Gasteiger charge is -2.25. The smallest absolute Gasteiger partial charge is 0.387 e. The van der Waals surface area contributed by atoms with Crippen LogP contribution in [0.1, 0.15) is 155 Å². The van der Waals surface area contributed by atoms with Crippen molar-refractivity contribution in [2.45, 2.75) is 167 Å². The van der Waals surface area contributed by atoms with Crippen molar-refractivity contribution in [3.05, 3.63) is 48.6 Å². The van der Waals surface area contributed by atoms with Crippen LogP contribution in [0, 0.1) is 0 Å². The molecule has 3 N–H and O–H groups in total. The van der Waals surface area contributed by atoms with E-state index in [-0.39, 0.29) is 19.1 Å². The van der Waals surface area contributed by atoms with E-state index in [1.54, 1.807) is 6.08 Å². The van der Waals surface area contributed by atoms with Crippen molar-refractivity contribution in [3.63, 3.8) is 0 Å². The number of carbonyl (C=O) groups is 1. The fourth-order valence-electron chi connectivity index (χ4n) is 5.27. The first-order chi connectivity index (χ1) is 24.0. The van der Waals surface area contributed by atoms with Gasteiger partial charge in [0, 0.05) is 6.42 Å². The zero-order valence-corrected chi connectivity index (χ0v) is 33.8. The summed E-state index contributed by atoms with van der Waals surface area (Å²) in [6.45, 7) is 4.68. The maximum Gasteiger partial charge on any atom is 0.472 e. The average molecular weight is 726 g/mol. The zero-order chi connectivity index (χ0) is 37.2. The quantitative estimate of drug-likeness (QED) is 0.0260. The van der Waals surface area contributed by atoms with Gasteiger partial charge in [-0.1, -0.05) is 140 Å². The number of hydrogen-bond donors (Lipinski definition) is 3. The van der Waals surface area contributed by atoms with Gasteiger partial charge in [-0.15, -0.1) is 0 Å². The normalized spacial score (nSPS) is 15.1. The lowest BCUT2D eigenvalue weighted by molar-refractivity contribution is -0.870. The van der Waals surface area contributed by atoms with Gasteiger partial charge in [0.05, 0.1) is 39.9 Å². The number of allylic oxidation sites excluding steroid dienone is 7. The van der Waals surface area contributed by atoms with E-state index in [0.717, 1.165) is 70.6 Å². The summed E-state index contributed by atoms with van der Waals surface area (Å²) in [4.78, 5) is 23.0. The Morgan fingerprint density at radius 2 is 1.20 bits per heavy atom.